The summed E-state index contributed by atoms with van der Waals surface area (Å²) in [7, 11) is 0. The van der Waals surface area contributed by atoms with Gasteiger partial charge >= 0.3 is 0 Å². The van der Waals surface area contributed by atoms with Gasteiger partial charge in [-0.05, 0) is 42.7 Å². The van der Waals surface area contributed by atoms with E-state index >= 15 is 0 Å². The molecule has 3 aromatic rings. The third-order valence-corrected chi connectivity index (χ3v) is 6.44. The second kappa shape index (κ2) is 13.0. The van der Waals surface area contributed by atoms with Crippen LogP contribution in [0.1, 0.15) is 42.5 Å². The van der Waals surface area contributed by atoms with Crippen LogP contribution in [0.15, 0.2) is 66.6 Å². The van der Waals surface area contributed by atoms with E-state index in [9.17, 15) is 19.7 Å². The SMILES string of the molecule is CC(=O)n1cc([C@@H]2C=C(C(=O)NCCNc3ccc([N+](=O)[O-])cc3)O[C@H](OCCCCO)C2)c2ccccc21. The first-order valence-electron chi connectivity index (χ1n) is 12.9. The van der Waals surface area contributed by atoms with Gasteiger partial charge in [-0.2, -0.15) is 0 Å². The minimum absolute atomic E-state index is 0.00403. The molecule has 4 rings (SSSR count). The molecule has 0 saturated carbocycles. The summed E-state index contributed by atoms with van der Waals surface area (Å²) >= 11 is 0. The van der Waals surface area contributed by atoms with Gasteiger partial charge in [0, 0.05) is 68.4 Å². The van der Waals surface area contributed by atoms with Gasteiger partial charge in [-0.1, -0.05) is 18.2 Å². The summed E-state index contributed by atoms with van der Waals surface area (Å²) in [5, 5.41) is 26.7. The molecular weight excluding hydrogens is 504 g/mol. The predicted octanol–water partition coefficient (Wildman–Crippen LogP) is 3.94. The monoisotopic (exact) mass is 536 g/mol. The van der Waals surface area contributed by atoms with Crippen molar-refractivity contribution in [3.63, 3.8) is 0 Å². The first-order valence-corrected chi connectivity index (χ1v) is 12.9. The first-order chi connectivity index (χ1) is 18.9. The van der Waals surface area contributed by atoms with E-state index in [2.05, 4.69) is 10.6 Å². The summed E-state index contributed by atoms with van der Waals surface area (Å²) in [6, 6.07) is 13.7. The number of amides is 1. The molecule has 0 unspecified atom stereocenters. The maximum atomic E-state index is 13.0. The number of nitro benzene ring substituents is 1. The lowest BCUT2D eigenvalue weighted by atomic mass is 9.92. The molecular formula is C28H32N4O7. The van der Waals surface area contributed by atoms with Gasteiger partial charge in [-0.3, -0.25) is 24.3 Å². The molecule has 11 heteroatoms. The smallest absolute Gasteiger partial charge is 0.286 e. The van der Waals surface area contributed by atoms with Gasteiger partial charge in [0.2, 0.25) is 12.2 Å². The quantitative estimate of drug-likeness (QED) is 0.179. The maximum absolute atomic E-state index is 13.0. The summed E-state index contributed by atoms with van der Waals surface area (Å²) in [5.41, 5.74) is 2.40. The molecule has 39 heavy (non-hydrogen) atoms. The van der Waals surface area contributed by atoms with Gasteiger partial charge in [-0.15, -0.1) is 0 Å². The summed E-state index contributed by atoms with van der Waals surface area (Å²) in [4.78, 5) is 35.7. The fourth-order valence-corrected chi connectivity index (χ4v) is 4.50. The molecule has 2 atom stereocenters. The van der Waals surface area contributed by atoms with Crippen molar-refractivity contribution in [3.05, 3.63) is 82.2 Å². The second-order valence-electron chi connectivity index (χ2n) is 9.20. The fourth-order valence-electron chi connectivity index (χ4n) is 4.50. The van der Waals surface area contributed by atoms with Gasteiger partial charge in [0.05, 0.1) is 17.0 Å². The number of allylic oxidation sites excluding steroid dienone is 1. The molecule has 1 aliphatic heterocycles. The standard InChI is InChI=1S/C28H32N4O7/c1-19(34)31-18-24(23-6-2-3-7-25(23)31)20-16-26(39-27(17-20)38-15-5-4-14-33)28(35)30-13-12-29-21-8-10-22(11-9-21)32(36)37/h2-3,6-11,16,18,20,27,29,33H,4-5,12-15,17H2,1H3,(H,30,35)/t20-,27+/m1/s1. The van der Waals surface area contributed by atoms with Crippen LogP contribution in [0.3, 0.4) is 0 Å². The molecule has 2 heterocycles. The minimum atomic E-state index is -0.669. The lowest BCUT2D eigenvalue weighted by molar-refractivity contribution is -0.384. The summed E-state index contributed by atoms with van der Waals surface area (Å²) in [6.45, 7) is 2.64. The van der Waals surface area contributed by atoms with Crippen LogP contribution in [0.2, 0.25) is 0 Å². The number of unbranched alkanes of at least 4 members (excludes halogenated alkanes) is 1. The lowest BCUT2D eigenvalue weighted by Gasteiger charge is -2.29. The minimum Gasteiger partial charge on any atom is -0.459 e. The molecule has 0 saturated heterocycles. The lowest BCUT2D eigenvalue weighted by Crippen LogP contribution is -2.35. The van der Waals surface area contributed by atoms with Crippen molar-refractivity contribution in [1.82, 2.24) is 9.88 Å². The number of carbonyl (C=O) groups excluding carboxylic acids is 2. The molecule has 0 radical (unpaired) electrons. The molecule has 0 spiro atoms. The van der Waals surface area contributed by atoms with E-state index in [0.29, 0.717) is 38.1 Å². The number of nitrogens with zero attached hydrogens (tertiary/aromatic N) is 2. The van der Waals surface area contributed by atoms with Crippen molar-refractivity contribution >= 4 is 34.1 Å². The highest BCUT2D eigenvalue weighted by molar-refractivity contribution is 5.95. The van der Waals surface area contributed by atoms with Gasteiger partial charge in [0.25, 0.3) is 11.6 Å². The summed E-state index contributed by atoms with van der Waals surface area (Å²) in [5.74, 6) is -0.604. The number of fused-ring (bicyclic) bond motifs is 1. The Bertz CT molecular complexity index is 1350. The van der Waals surface area contributed by atoms with Gasteiger partial charge in [0.15, 0.2) is 5.76 Å². The highest BCUT2D eigenvalue weighted by atomic mass is 16.7. The van der Waals surface area contributed by atoms with Crippen LogP contribution in [0, 0.1) is 10.1 Å². The Labute approximate surface area is 225 Å². The molecule has 0 aliphatic carbocycles. The number of aliphatic hydroxyl groups excluding tert-OH is 1. The number of aromatic nitrogens is 1. The molecule has 206 valence electrons. The normalized spacial score (nSPS) is 16.8. The number of hydrogen-bond acceptors (Lipinski definition) is 8. The van der Waals surface area contributed by atoms with Crippen molar-refractivity contribution in [1.29, 1.82) is 0 Å². The van der Waals surface area contributed by atoms with Crippen LogP contribution in [0.4, 0.5) is 11.4 Å². The average Bonchev–Trinajstić information content (AvgIpc) is 3.34. The Balaban J connectivity index is 1.46. The molecule has 3 N–H and O–H groups in total. The van der Waals surface area contributed by atoms with Crippen LogP contribution in [-0.2, 0) is 14.3 Å². The van der Waals surface area contributed by atoms with Gasteiger partial charge in [0.1, 0.15) is 0 Å². The van der Waals surface area contributed by atoms with E-state index in [1.807, 2.05) is 30.5 Å². The van der Waals surface area contributed by atoms with E-state index in [1.54, 1.807) is 22.8 Å². The number of benzene rings is 2. The number of hydrogen-bond donors (Lipinski definition) is 3. The van der Waals surface area contributed by atoms with E-state index in [-0.39, 0.29) is 36.4 Å². The summed E-state index contributed by atoms with van der Waals surface area (Å²) < 4.78 is 13.4. The third kappa shape index (κ3) is 7.01. The van der Waals surface area contributed by atoms with Gasteiger partial charge < -0.3 is 25.2 Å². The number of nitro groups is 1. The number of para-hydroxylation sites is 1. The number of aliphatic hydroxyl groups is 1. The Morgan fingerprint density at radius 2 is 1.92 bits per heavy atom. The number of rotatable bonds is 12. The van der Waals surface area contributed by atoms with Crippen molar-refractivity contribution in [2.75, 3.05) is 31.6 Å². The largest absolute Gasteiger partial charge is 0.459 e. The number of nitrogens with one attached hydrogen (secondary N) is 2. The number of non-ortho nitro benzene ring substituents is 1. The van der Waals surface area contributed by atoms with Crippen molar-refractivity contribution in [2.45, 2.75) is 38.4 Å². The molecule has 2 aromatic carbocycles. The number of anilines is 1. The van der Waals surface area contributed by atoms with E-state index in [4.69, 9.17) is 14.6 Å². The molecule has 11 nitrogen and oxygen atoms in total. The second-order valence-corrected chi connectivity index (χ2v) is 9.20. The predicted molar refractivity (Wildman–Crippen MR) is 145 cm³/mol. The Morgan fingerprint density at radius 3 is 2.64 bits per heavy atom. The van der Waals surface area contributed by atoms with Gasteiger partial charge in [-0.25, -0.2) is 0 Å². The van der Waals surface area contributed by atoms with Crippen LogP contribution >= 0.6 is 0 Å². The Kier molecular flexibility index (Phi) is 9.29. The van der Waals surface area contributed by atoms with Crippen LogP contribution in [0.5, 0.6) is 0 Å². The molecule has 1 amide bonds. The van der Waals surface area contributed by atoms with Crippen molar-refractivity contribution < 1.29 is 29.1 Å². The van der Waals surface area contributed by atoms with Crippen LogP contribution in [0.25, 0.3) is 10.9 Å². The third-order valence-electron chi connectivity index (χ3n) is 6.44. The zero-order valence-corrected chi connectivity index (χ0v) is 21.7. The fraction of sp³-hybridized carbons (Fsp3) is 0.357. The van der Waals surface area contributed by atoms with E-state index in [1.165, 1.54) is 19.1 Å². The topological polar surface area (TPSA) is 145 Å². The summed E-state index contributed by atoms with van der Waals surface area (Å²) in [6.07, 6.45) is 4.63. The van der Waals surface area contributed by atoms with Crippen molar-refractivity contribution in [2.24, 2.45) is 0 Å². The number of ether oxygens (including phenoxy) is 2. The molecule has 0 fully saturated rings. The Morgan fingerprint density at radius 1 is 1.15 bits per heavy atom. The van der Waals surface area contributed by atoms with E-state index in [0.717, 1.165) is 16.5 Å². The van der Waals surface area contributed by atoms with Crippen LogP contribution in [-0.4, -0.2) is 59.0 Å². The molecule has 1 aliphatic rings. The first kappa shape index (κ1) is 27.8. The zero-order valence-electron chi connectivity index (χ0n) is 21.7. The van der Waals surface area contributed by atoms with Crippen molar-refractivity contribution in [3.8, 4) is 0 Å². The Hall–Kier alpha value is -4.22. The highest BCUT2D eigenvalue weighted by Crippen LogP contribution is 2.36. The molecule has 1 aromatic heterocycles. The van der Waals surface area contributed by atoms with Crippen LogP contribution < -0.4 is 10.6 Å². The average molecular weight is 537 g/mol. The molecule has 0 bridgehead atoms. The van der Waals surface area contributed by atoms with E-state index < -0.39 is 17.1 Å². The number of carbonyl (C=O) groups is 2. The zero-order chi connectivity index (χ0) is 27.8. The maximum Gasteiger partial charge on any atom is 0.286 e. The highest BCUT2D eigenvalue weighted by Gasteiger charge is 2.30.